The molecule has 4 heteroatoms. The van der Waals surface area contributed by atoms with E-state index in [0.29, 0.717) is 18.0 Å². The summed E-state index contributed by atoms with van der Waals surface area (Å²) in [5.74, 6) is 1.57. The summed E-state index contributed by atoms with van der Waals surface area (Å²) in [4.78, 5) is 4.24. The van der Waals surface area contributed by atoms with E-state index >= 15 is 0 Å². The van der Waals surface area contributed by atoms with E-state index < -0.39 is 0 Å². The highest BCUT2D eigenvalue weighted by molar-refractivity contribution is 5.54. The number of nitrogens with one attached hydrogen (secondary N) is 1. The van der Waals surface area contributed by atoms with Crippen molar-refractivity contribution in [3.63, 3.8) is 0 Å². The first kappa shape index (κ1) is 12.2. The lowest BCUT2D eigenvalue weighted by atomic mass is 10.2. The Morgan fingerprint density at radius 1 is 1.28 bits per heavy atom. The molecule has 1 aromatic heterocycles. The number of rotatable bonds is 4. The monoisotopic (exact) mass is 243 g/mol. The maximum atomic E-state index is 5.86. The second-order valence-corrected chi connectivity index (χ2v) is 4.15. The van der Waals surface area contributed by atoms with Gasteiger partial charge in [-0.1, -0.05) is 6.07 Å². The van der Waals surface area contributed by atoms with Crippen LogP contribution in [0.5, 0.6) is 5.75 Å². The van der Waals surface area contributed by atoms with Crippen LogP contribution in [0.2, 0.25) is 0 Å². The van der Waals surface area contributed by atoms with Crippen molar-refractivity contribution >= 4 is 11.5 Å². The molecule has 0 saturated heterocycles. The van der Waals surface area contributed by atoms with Crippen molar-refractivity contribution in [2.24, 2.45) is 0 Å². The van der Waals surface area contributed by atoms with Gasteiger partial charge in [-0.25, -0.2) is 4.98 Å². The third-order valence-corrected chi connectivity index (χ3v) is 2.68. The van der Waals surface area contributed by atoms with Crippen molar-refractivity contribution in [1.82, 2.24) is 4.98 Å². The van der Waals surface area contributed by atoms with Crippen LogP contribution >= 0.6 is 0 Å². The van der Waals surface area contributed by atoms with Gasteiger partial charge in [0.25, 0.3) is 0 Å². The predicted molar refractivity (Wildman–Crippen MR) is 73.7 cm³/mol. The first-order valence-electron chi connectivity index (χ1n) is 5.78. The third-order valence-electron chi connectivity index (χ3n) is 2.68. The number of nitrogens with zero attached hydrogens (tertiary/aromatic N) is 1. The third kappa shape index (κ3) is 2.91. The molecule has 4 nitrogen and oxygen atoms in total. The fourth-order valence-electron chi connectivity index (χ4n) is 1.72. The molecule has 0 fully saturated rings. The molecule has 2 rings (SSSR count). The van der Waals surface area contributed by atoms with E-state index in [4.69, 9.17) is 10.5 Å². The molecule has 18 heavy (non-hydrogen) atoms. The highest BCUT2D eigenvalue weighted by Gasteiger charge is 2.01. The van der Waals surface area contributed by atoms with Gasteiger partial charge in [-0.05, 0) is 42.3 Å². The summed E-state index contributed by atoms with van der Waals surface area (Å²) in [5, 5.41) is 3.26. The number of methoxy groups -OCH3 is 1. The molecule has 0 saturated carbocycles. The quantitative estimate of drug-likeness (QED) is 0.810. The fraction of sp³-hybridized carbons (Fsp3) is 0.214. The van der Waals surface area contributed by atoms with Crippen molar-refractivity contribution in [1.29, 1.82) is 0 Å². The minimum Gasteiger partial charge on any atom is -0.495 e. The highest BCUT2D eigenvalue weighted by Crippen LogP contribution is 2.22. The van der Waals surface area contributed by atoms with Crippen LogP contribution in [0.25, 0.3) is 0 Å². The standard InChI is InChI=1S/C14H17N3O/c1-10-5-6-16-14(7-10)17-9-11-3-4-13(18-2)12(15)8-11/h3-8H,9,15H2,1-2H3,(H,16,17). The minimum atomic E-state index is 0.647. The van der Waals surface area contributed by atoms with Gasteiger partial charge in [-0.3, -0.25) is 0 Å². The summed E-state index contributed by atoms with van der Waals surface area (Å²) in [6, 6.07) is 9.74. The Labute approximate surface area is 107 Å². The normalized spacial score (nSPS) is 10.1. The van der Waals surface area contributed by atoms with Crippen LogP contribution in [-0.4, -0.2) is 12.1 Å². The van der Waals surface area contributed by atoms with Gasteiger partial charge in [0.05, 0.1) is 12.8 Å². The van der Waals surface area contributed by atoms with Gasteiger partial charge in [-0.2, -0.15) is 0 Å². The molecule has 1 heterocycles. The molecule has 0 atom stereocenters. The zero-order chi connectivity index (χ0) is 13.0. The van der Waals surface area contributed by atoms with Crippen LogP contribution in [0.3, 0.4) is 0 Å². The lowest BCUT2D eigenvalue weighted by Gasteiger charge is -2.09. The number of nitrogen functional groups attached to an aromatic ring is 1. The van der Waals surface area contributed by atoms with Crippen LogP contribution < -0.4 is 15.8 Å². The Morgan fingerprint density at radius 3 is 2.78 bits per heavy atom. The maximum Gasteiger partial charge on any atom is 0.141 e. The Hall–Kier alpha value is -2.23. The second kappa shape index (κ2) is 5.40. The molecule has 0 unspecified atom stereocenters. The van der Waals surface area contributed by atoms with Gasteiger partial charge in [0.2, 0.25) is 0 Å². The van der Waals surface area contributed by atoms with Gasteiger partial charge >= 0.3 is 0 Å². The number of aryl methyl sites for hydroxylation is 1. The van der Waals surface area contributed by atoms with Crippen molar-refractivity contribution in [2.75, 3.05) is 18.2 Å². The van der Waals surface area contributed by atoms with Crippen molar-refractivity contribution < 1.29 is 4.74 Å². The maximum absolute atomic E-state index is 5.86. The molecule has 0 aliphatic heterocycles. The number of anilines is 2. The smallest absolute Gasteiger partial charge is 0.141 e. The van der Waals surface area contributed by atoms with E-state index in [0.717, 1.165) is 11.4 Å². The first-order valence-corrected chi connectivity index (χ1v) is 5.78. The van der Waals surface area contributed by atoms with Crippen LogP contribution in [0.4, 0.5) is 11.5 Å². The Morgan fingerprint density at radius 2 is 2.11 bits per heavy atom. The van der Waals surface area contributed by atoms with E-state index in [9.17, 15) is 0 Å². The van der Waals surface area contributed by atoms with E-state index in [2.05, 4.69) is 10.3 Å². The zero-order valence-corrected chi connectivity index (χ0v) is 10.6. The highest BCUT2D eigenvalue weighted by atomic mass is 16.5. The Bertz CT molecular complexity index is 540. The van der Waals surface area contributed by atoms with Gasteiger partial charge in [0.1, 0.15) is 11.6 Å². The van der Waals surface area contributed by atoms with Gasteiger partial charge < -0.3 is 15.8 Å². The van der Waals surface area contributed by atoms with Gasteiger partial charge in [0.15, 0.2) is 0 Å². The molecule has 0 aliphatic rings. The van der Waals surface area contributed by atoms with Crippen LogP contribution in [-0.2, 0) is 6.54 Å². The van der Waals surface area contributed by atoms with E-state index in [-0.39, 0.29) is 0 Å². The summed E-state index contributed by atoms with van der Waals surface area (Å²) in [5.41, 5.74) is 8.78. The topological polar surface area (TPSA) is 60.2 Å². The van der Waals surface area contributed by atoms with E-state index in [1.165, 1.54) is 5.56 Å². The molecule has 0 spiro atoms. The van der Waals surface area contributed by atoms with E-state index in [1.54, 1.807) is 13.3 Å². The number of benzene rings is 1. The van der Waals surface area contributed by atoms with Crippen molar-refractivity contribution in [3.05, 3.63) is 47.7 Å². The molecular weight excluding hydrogens is 226 g/mol. The van der Waals surface area contributed by atoms with Gasteiger partial charge in [-0.15, -0.1) is 0 Å². The molecule has 0 radical (unpaired) electrons. The fourth-order valence-corrected chi connectivity index (χ4v) is 1.72. The summed E-state index contributed by atoms with van der Waals surface area (Å²) in [7, 11) is 1.61. The first-order chi connectivity index (χ1) is 8.69. The van der Waals surface area contributed by atoms with Crippen molar-refractivity contribution in [3.8, 4) is 5.75 Å². The Balaban J connectivity index is 2.04. The summed E-state index contributed by atoms with van der Waals surface area (Å²) >= 11 is 0. The lowest BCUT2D eigenvalue weighted by Crippen LogP contribution is -2.02. The number of nitrogens with two attached hydrogens (primary N) is 1. The molecule has 0 amide bonds. The van der Waals surface area contributed by atoms with Crippen LogP contribution in [0.1, 0.15) is 11.1 Å². The number of hydrogen-bond donors (Lipinski definition) is 2. The summed E-state index contributed by atoms with van der Waals surface area (Å²) in [6.45, 7) is 2.73. The van der Waals surface area contributed by atoms with Crippen molar-refractivity contribution in [2.45, 2.75) is 13.5 Å². The SMILES string of the molecule is COc1ccc(CNc2cc(C)ccn2)cc1N. The number of ether oxygens (including phenoxy) is 1. The molecule has 0 aliphatic carbocycles. The average molecular weight is 243 g/mol. The van der Waals surface area contributed by atoms with Crippen LogP contribution in [0.15, 0.2) is 36.5 Å². The van der Waals surface area contributed by atoms with E-state index in [1.807, 2.05) is 37.3 Å². The van der Waals surface area contributed by atoms with Gasteiger partial charge in [0, 0.05) is 12.7 Å². The van der Waals surface area contributed by atoms with Crippen LogP contribution in [0, 0.1) is 6.92 Å². The number of pyridine rings is 1. The lowest BCUT2D eigenvalue weighted by molar-refractivity contribution is 0.417. The number of hydrogen-bond acceptors (Lipinski definition) is 4. The average Bonchev–Trinajstić information content (AvgIpc) is 2.37. The molecule has 3 N–H and O–H groups in total. The molecule has 1 aromatic carbocycles. The second-order valence-electron chi connectivity index (χ2n) is 4.15. The summed E-state index contributed by atoms with van der Waals surface area (Å²) in [6.07, 6.45) is 1.79. The minimum absolute atomic E-state index is 0.647. The molecule has 0 bridgehead atoms. The predicted octanol–water partition coefficient (Wildman–Crippen LogP) is 2.59. The molecular formula is C14H17N3O. The molecule has 2 aromatic rings. The molecule has 94 valence electrons. The zero-order valence-electron chi connectivity index (χ0n) is 10.6. The number of aromatic nitrogens is 1. The summed E-state index contributed by atoms with van der Waals surface area (Å²) < 4.78 is 5.12. The Kier molecular flexibility index (Phi) is 3.67. The largest absolute Gasteiger partial charge is 0.495 e.